The van der Waals surface area contributed by atoms with E-state index in [1.165, 1.54) is 19.4 Å². The predicted octanol–water partition coefficient (Wildman–Crippen LogP) is -0.133. The van der Waals surface area contributed by atoms with E-state index >= 15 is 0 Å². The zero-order valence-corrected chi connectivity index (χ0v) is 6.22. The minimum absolute atomic E-state index is 0.0596. The van der Waals surface area contributed by atoms with Crippen molar-refractivity contribution in [3.05, 3.63) is 23.6 Å². The first-order valence-electron chi connectivity index (χ1n) is 3.01. The van der Waals surface area contributed by atoms with Crippen LogP contribution in [-0.2, 0) is 9.53 Å². The number of methoxy groups -OCH3 is 1. The summed E-state index contributed by atoms with van der Waals surface area (Å²) in [5, 5.41) is 3.33. The zero-order valence-electron chi connectivity index (χ0n) is 6.22. The minimum Gasteiger partial charge on any atom is -0.460 e. The number of carbonyl (C=O) groups excluding carboxylic acids is 1. The van der Waals surface area contributed by atoms with Gasteiger partial charge in [-0.1, -0.05) is 5.16 Å². The highest BCUT2D eigenvalue weighted by Gasteiger charge is 2.27. The molecule has 0 aromatic carbocycles. The minimum atomic E-state index is -0.783. The van der Waals surface area contributed by atoms with Crippen LogP contribution in [0.5, 0.6) is 0 Å². The van der Waals surface area contributed by atoms with Crippen molar-refractivity contribution in [2.24, 2.45) is 0 Å². The van der Waals surface area contributed by atoms with Crippen LogP contribution < -0.4 is 0 Å². The Morgan fingerprint density at radius 1 is 1.83 bits per heavy atom. The Morgan fingerprint density at radius 3 is 3.00 bits per heavy atom. The van der Waals surface area contributed by atoms with E-state index in [-0.39, 0.29) is 11.5 Å². The molecule has 0 aliphatic carbocycles. The molecule has 0 saturated heterocycles. The second-order valence-electron chi connectivity index (χ2n) is 1.82. The molecule has 6 nitrogen and oxygen atoms in total. The molecule has 1 rings (SSSR count). The molecule has 12 heavy (non-hydrogen) atoms. The van der Waals surface area contributed by atoms with Gasteiger partial charge in [-0.3, -0.25) is 0 Å². The summed E-state index contributed by atoms with van der Waals surface area (Å²) < 4.78 is 8.88. The van der Waals surface area contributed by atoms with Gasteiger partial charge in [0.25, 0.3) is 5.76 Å². The van der Waals surface area contributed by atoms with Gasteiger partial charge < -0.3 is 14.8 Å². The van der Waals surface area contributed by atoms with Crippen LogP contribution in [-0.4, -0.2) is 28.7 Å². The fourth-order valence-electron chi connectivity index (χ4n) is 0.625. The van der Waals surface area contributed by atoms with E-state index in [1.807, 2.05) is 0 Å². The normalized spacial score (nSPS) is 8.75. The van der Waals surface area contributed by atoms with Crippen molar-refractivity contribution in [1.29, 1.82) is 0 Å². The second-order valence-corrected chi connectivity index (χ2v) is 1.82. The monoisotopic (exact) mass is 167 g/mol. The lowest BCUT2D eigenvalue weighted by Crippen LogP contribution is -2.17. The van der Waals surface area contributed by atoms with Crippen molar-refractivity contribution in [3.63, 3.8) is 0 Å². The highest BCUT2D eigenvalue weighted by atomic mass is 16.5. The van der Waals surface area contributed by atoms with Crippen LogP contribution in [0.25, 0.3) is 5.53 Å². The topological polar surface area (TPSA) is 88.7 Å². The van der Waals surface area contributed by atoms with Gasteiger partial charge in [0, 0.05) is 6.07 Å². The maximum atomic E-state index is 10.8. The highest BCUT2D eigenvalue weighted by molar-refractivity contribution is 6.39. The molecule has 0 fully saturated rings. The molecule has 0 unspecified atom stereocenters. The molecule has 0 atom stereocenters. The number of aromatic nitrogens is 1. The fraction of sp³-hybridized carbons (Fsp3) is 0.167. The molecule has 0 bridgehead atoms. The Hall–Kier alpha value is -1.94. The Morgan fingerprint density at radius 2 is 2.58 bits per heavy atom. The molecule has 6 heteroatoms. The van der Waals surface area contributed by atoms with Crippen molar-refractivity contribution < 1.29 is 18.8 Å². The number of esters is 1. The SMILES string of the molecule is COC(=O)C(=[N+]=[N-])c1ccno1. The molecule has 0 N–H and O–H groups in total. The van der Waals surface area contributed by atoms with E-state index in [1.54, 1.807) is 0 Å². The third kappa shape index (κ3) is 1.38. The summed E-state index contributed by atoms with van der Waals surface area (Å²) in [4.78, 5) is 13.6. The average molecular weight is 167 g/mol. The highest BCUT2D eigenvalue weighted by Crippen LogP contribution is 1.98. The van der Waals surface area contributed by atoms with E-state index in [9.17, 15) is 4.79 Å². The Balaban J connectivity index is 3.01. The van der Waals surface area contributed by atoms with Gasteiger partial charge in [0.1, 0.15) is 0 Å². The van der Waals surface area contributed by atoms with Crippen LogP contribution in [0, 0.1) is 0 Å². The summed E-state index contributed by atoms with van der Waals surface area (Å²) >= 11 is 0. The van der Waals surface area contributed by atoms with Gasteiger partial charge in [-0.2, -0.15) is 4.79 Å². The van der Waals surface area contributed by atoms with Crippen LogP contribution in [0.3, 0.4) is 0 Å². The molecular formula is C6H5N3O3. The van der Waals surface area contributed by atoms with Crippen LogP contribution in [0.2, 0.25) is 0 Å². The fourth-order valence-corrected chi connectivity index (χ4v) is 0.625. The van der Waals surface area contributed by atoms with Gasteiger partial charge in [-0.15, -0.1) is 0 Å². The van der Waals surface area contributed by atoms with E-state index in [0.717, 1.165) is 0 Å². The third-order valence-corrected chi connectivity index (χ3v) is 1.15. The van der Waals surface area contributed by atoms with Crippen LogP contribution in [0.4, 0.5) is 0 Å². The van der Waals surface area contributed by atoms with Gasteiger partial charge >= 0.3 is 11.7 Å². The van der Waals surface area contributed by atoms with Crippen LogP contribution in [0.1, 0.15) is 5.76 Å². The number of ether oxygens (including phenoxy) is 1. The summed E-state index contributed by atoms with van der Waals surface area (Å²) in [6.07, 6.45) is 1.32. The van der Waals surface area contributed by atoms with Crippen molar-refractivity contribution in [3.8, 4) is 0 Å². The molecule has 62 valence electrons. The first-order valence-corrected chi connectivity index (χ1v) is 3.01. The smallest absolute Gasteiger partial charge is 0.443 e. The first-order chi connectivity index (χ1) is 5.79. The number of rotatable bonds is 2. The summed E-state index contributed by atoms with van der Waals surface area (Å²) in [5.74, 6) is -0.724. The van der Waals surface area contributed by atoms with Crippen molar-refractivity contribution in [2.75, 3.05) is 7.11 Å². The standard InChI is InChI=1S/C6H5N3O3/c1-11-6(10)5(9-7)4-2-3-8-12-4/h2-3H,1H3. The predicted molar refractivity (Wildman–Crippen MR) is 36.2 cm³/mol. The first kappa shape index (κ1) is 8.16. The number of carbonyl (C=O) groups is 1. The Kier molecular flexibility index (Phi) is 2.35. The summed E-state index contributed by atoms with van der Waals surface area (Å²) in [6, 6.07) is 1.38. The number of nitrogens with zero attached hydrogens (tertiary/aromatic N) is 3. The molecule has 0 spiro atoms. The largest absolute Gasteiger partial charge is 0.460 e. The van der Waals surface area contributed by atoms with E-state index in [2.05, 4.69) is 19.2 Å². The summed E-state index contributed by atoms with van der Waals surface area (Å²) in [5.41, 5.74) is 8.09. The lowest BCUT2D eigenvalue weighted by molar-refractivity contribution is -0.137. The van der Waals surface area contributed by atoms with Gasteiger partial charge in [0.15, 0.2) is 0 Å². The molecule has 0 aliphatic rings. The molecular weight excluding hydrogens is 162 g/mol. The number of hydrogen-bond acceptors (Lipinski definition) is 4. The molecule has 1 aromatic rings. The van der Waals surface area contributed by atoms with Crippen LogP contribution in [0.15, 0.2) is 16.8 Å². The maximum Gasteiger partial charge on any atom is 0.443 e. The van der Waals surface area contributed by atoms with Gasteiger partial charge in [0.2, 0.25) is 0 Å². The quantitative estimate of drug-likeness (QED) is 0.265. The van der Waals surface area contributed by atoms with E-state index in [4.69, 9.17) is 5.53 Å². The van der Waals surface area contributed by atoms with Crippen molar-refractivity contribution in [2.45, 2.75) is 0 Å². The zero-order chi connectivity index (χ0) is 8.97. The van der Waals surface area contributed by atoms with E-state index < -0.39 is 5.97 Å². The van der Waals surface area contributed by atoms with Gasteiger partial charge in [-0.05, 0) is 0 Å². The Labute approximate surface area is 67.3 Å². The molecule has 0 aliphatic heterocycles. The van der Waals surface area contributed by atoms with Gasteiger partial charge in [-0.25, -0.2) is 4.79 Å². The molecule has 1 heterocycles. The third-order valence-electron chi connectivity index (χ3n) is 1.15. The lowest BCUT2D eigenvalue weighted by Gasteiger charge is -1.87. The maximum absolute atomic E-state index is 10.8. The average Bonchev–Trinajstić information content (AvgIpc) is 2.58. The van der Waals surface area contributed by atoms with Crippen molar-refractivity contribution in [1.82, 2.24) is 5.16 Å². The molecule has 0 saturated carbocycles. The number of hydrogen-bond donors (Lipinski definition) is 0. The second kappa shape index (κ2) is 3.45. The molecule has 0 radical (unpaired) electrons. The lowest BCUT2D eigenvalue weighted by atomic mass is 10.3. The molecule has 0 amide bonds. The van der Waals surface area contributed by atoms with Crippen LogP contribution >= 0.6 is 0 Å². The van der Waals surface area contributed by atoms with E-state index in [0.29, 0.717) is 0 Å². The summed E-state index contributed by atoms with van der Waals surface area (Å²) in [7, 11) is 1.17. The van der Waals surface area contributed by atoms with Crippen molar-refractivity contribution >= 4 is 11.7 Å². The van der Waals surface area contributed by atoms with Gasteiger partial charge in [0.05, 0.1) is 13.3 Å². The molecule has 1 aromatic heterocycles. The summed E-state index contributed by atoms with van der Waals surface area (Å²) in [6.45, 7) is 0. The Bertz CT molecular complexity index is 324.